The molecule has 0 unspecified atom stereocenters. The highest BCUT2D eigenvalue weighted by atomic mass is 35.5. The number of nitro groups is 2. The molecule has 0 amide bonds. The van der Waals surface area contributed by atoms with E-state index in [4.69, 9.17) is 11.6 Å². The summed E-state index contributed by atoms with van der Waals surface area (Å²) in [7, 11) is 1.44. The number of non-ortho nitro benzene ring substituents is 1. The second kappa shape index (κ2) is 4.09. The van der Waals surface area contributed by atoms with Crippen LogP contribution in [-0.4, -0.2) is 16.9 Å². The largest absolute Gasteiger partial charge is 0.381 e. The van der Waals surface area contributed by atoms with Crippen molar-refractivity contribution >= 4 is 28.7 Å². The number of hydrogen-bond acceptors (Lipinski definition) is 5. The second-order valence-electron chi connectivity index (χ2n) is 2.59. The fraction of sp³-hybridized carbons (Fsp3) is 0.143. The molecule has 0 aliphatic heterocycles. The second-order valence-corrected chi connectivity index (χ2v) is 2.99. The Labute approximate surface area is 89.0 Å². The van der Waals surface area contributed by atoms with E-state index in [0.29, 0.717) is 0 Å². The number of halogens is 1. The average Bonchev–Trinajstić information content (AvgIpc) is 2.16. The quantitative estimate of drug-likeness (QED) is 0.635. The molecular formula is C7H6ClN3O4. The lowest BCUT2D eigenvalue weighted by molar-refractivity contribution is -0.393. The lowest BCUT2D eigenvalue weighted by atomic mass is 10.2. The molecule has 0 aliphatic rings. The number of rotatable bonds is 3. The molecule has 0 saturated carbocycles. The van der Waals surface area contributed by atoms with Gasteiger partial charge in [0.05, 0.1) is 20.9 Å². The molecule has 0 heterocycles. The minimum atomic E-state index is -0.738. The summed E-state index contributed by atoms with van der Waals surface area (Å²) >= 11 is 5.65. The van der Waals surface area contributed by atoms with Crippen LogP contribution >= 0.6 is 11.6 Å². The van der Waals surface area contributed by atoms with Gasteiger partial charge in [0.2, 0.25) is 0 Å². The molecule has 0 aromatic heterocycles. The van der Waals surface area contributed by atoms with E-state index in [1.807, 2.05) is 0 Å². The van der Waals surface area contributed by atoms with Crippen LogP contribution in [0.5, 0.6) is 0 Å². The molecule has 0 bridgehead atoms. The van der Waals surface area contributed by atoms with Gasteiger partial charge < -0.3 is 5.32 Å². The van der Waals surface area contributed by atoms with Crippen LogP contribution in [0.4, 0.5) is 17.1 Å². The number of hydrogen-bond donors (Lipinski definition) is 1. The van der Waals surface area contributed by atoms with E-state index in [1.165, 1.54) is 7.05 Å². The molecule has 1 aromatic rings. The molecule has 0 fully saturated rings. The van der Waals surface area contributed by atoms with Gasteiger partial charge in [-0.05, 0) is 0 Å². The van der Waals surface area contributed by atoms with Gasteiger partial charge in [-0.3, -0.25) is 20.2 Å². The van der Waals surface area contributed by atoms with Crippen LogP contribution in [0, 0.1) is 20.2 Å². The normalized spacial score (nSPS) is 9.73. The number of nitrogens with zero attached hydrogens (tertiary/aromatic N) is 2. The van der Waals surface area contributed by atoms with Crippen LogP contribution in [0.15, 0.2) is 12.1 Å². The van der Waals surface area contributed by atoms with Gasteiger partial charge >= 0.3 is 5.69 Å². The van der Waals surface area contributed by atoms with Crippen LogP contribution in [0.25, 0.3) is 0 Å². The van der Waals surface area contributed by atoms with Crippen molar-refractivity contribution < 1.29 is 9.85 Å². The zero-order valence-electron chi connectivity index (χ0n) is 7.56. The summed E-state index contributed by atoms with van der Waals surface area (Å²) in [5.74, 6) is 0. The molecule has 1 aromatic carbocycles. The fourth-order valence-electron chi connectivity index (χ4n) is 1.08. The summed E-state index contributed by atoms with van der Waals surface area (Å²) in [6.45, 7) is 0. The fourth-order valence-corrected chi connectivity index (χ4v) is 1.38. The smallest absolute Gasteiger partial charge is 0.300 e. The SMILES string of the molecule is CNc1c(Cl)cc([N+](=O)[O-])cc1[N+](=O)[O-]. The van der Waals surface area contributed by atoms with Gasteiger partial charge in [-0.1, -0.05) is 11.6 Å². The molecular weight excluding hydrogens is 226 g/mol. The zero-order valence-corrected chi connectivity index (χ0v) is 8.32. The summed E-state index contributed by atoms with van der Waals surface area (Å²) in [6.07, 6.45) is 0. The third-order valence-electron chi connectivity index (χ3n) is 1.71. The maximum Gasteiger partial charge on any atom is 0.300 e. The molecule has 0 saturated heterocycles. The van der Waals surface area contributed by atoms with E-state index in [0.717, 1.165) is 12.1 Å². The first-order valence-corrected chi connectivity index (χ1v) is 4.15. The third-order valence-corrected chi connectivity index (χ3v) is 2.01. The first kappa shape index (κ1) is 11.2. The van der Waals surface area contributed by atoms with Crippen molar-refractivity contribution in [3.05, 3.63) is 37.4 Å². The summed E-state index contributed by atoms with van der Waals surface area (Å²) in [5, 5.41) is 23.5. The van der Waals surface area contributed by atoms with Gasteiger partial charge in [-0.25, -0.2) is 0 Å². The van der Waals surface area contributed by atoms with Crippen molar-refractivity contribution in [3.63, 3.8) is 0 Å². The van der Waals surface area contributed by atoms with Crippen LogP contribution < -0.4 is 5.32 Å². The Bertz CT molecular complexity index is 434. The minimum Gasteiger partial charge on any atom is -0.381 e. The molecule has 0 radical (unpaired) electrons. The summed E-state index contributed by atoms with van der Waals surface area (Å²) in [4.78, 5) is 19.6. The van der Waals surface area contributed by atoms with E-state index in [2.05, 4.69) is 5.32 Å². The number of anilines is 1. The van der Waals surface area contributed by atoms with Gasteiger partial charge in [0.25, 0.3) is 5.69 Å². The maximum atomic E-state index is 10.6. The van der Waals surface area contributed by atoms with Crippen molar-refractivity contribution in [1.82, 2.24) is 0 Å². The van der Waals surface area contributed by atoms with Gasteiger partial charge in [0.1, 0.15) is 5.69 Å². The standard InChI is InChI=1S/C7H6ClN3O4/c1-9-7-5(8)2-4(10(12)13)3-6(7)11(14)15/h2-3,9H,1H3. The summed E-state index contributed by atoms with van der Waals surface area (Å²) < 4.78 is 0. The molecule has 80 valence electrons. The van der Waals surface area contributed by atoms with Crippen LogP contribution in [0.3, 0.4) is 0 Å². The number of benzene rings is 1. The monoisotopic (exact) mass is 231 g/mol. The van der Waals surface area contributed by atoms with E-state index < -0.39 is 21.2 Å². The van der Waals surface area contributed by atoms with Crippen molar-refractivity contribution in [1.29, 1.82) is 0 Å². The molecule has 15 heavy (non-hydrogen) atoms. The van der Waals surface area contributed by atoms with E-state index in [-0.39, 0.29) is 10.7 Å². The van der Waals surface area contributed by atoms with Crippen molar-refractivity contribution in [3.8, 4) is 0 Å². The Morgan fingerprint density at radius 2 is 1.87 bits per heavy atom. The molecule has 1 rings (SSSR count). The summed E-state index contributed by atoms with van der Waals surface area (Å²) in [5.41, 5.74) is -0.769. The van der Waals surface area contributed by atoms with E-state index >= 15 is 0 Å². The van der Waals surface area contributed by atoms with E-state index in [1.54, 1.807) is 0 Å². The Kier molecular flexibility index (Phi) is 3.05. The molecule has 7 nitrogen and oxygen atoms in total. The molecule has 8 heteroatoms. The Balaban J connectivity index is 3.45. The lowest BCUT2D eigenvalue weighted by Gasteiger charge is -2.03. The number of nitrogens with one attached hydrogen (secondary N) is 1. The molecule has 1 N–H and O–H groups in total. The molecule has 0 spiro atoms. The first-order valence-electron chi connectivity index (χ1n) is 3.77. The summed E-state index contributed by atoms with van der Waals surface area (Å²) in [6, 6.07) is 1.91. The van der Waals surface area contributed by atoms with Crippen LogP contribution in [-0.2, 0) is 0 Å². The molecule has 0 atom stereocenters. The Hall–Kier alpha value is -1.89. The maximum absolute atomic E-state index is 10.6. The van der Waals surface area contributed by atoms with Crippen molar-refractivity contribution in [2.24, 2.45) is 0 Å². The zero-order chi connectivity index (χ0) is 11.6. The van der Waals surface area contributed by atoms with Crippen LogP contribution in [0.2, 0.25) is 5.02 Å². The number of nitro benzene ring substituents is 2. The highest BCUT2D eigenvalue weighted by Crippen LogP contribution is 2.35. The predicted molar refractivity (Wildman–Crippen MR) is 54.3 cm³/mol. The lowest BCUT2D eigenvalue weighted by Crippen LogP contribution is -1.99. The average molecular weight is 232 g/mol. The predicted octanol–water partition coefficient (Wildman–Crippen LogP) is 2.20. The Morgan fingerprint density at radius 3 is 2.27 bits per heavy atom. The van der Waals surface area contributed by atoms with Gasteiger partial charge in [-0.15, -0.1) is 0 Å². The van der Waals surface area contributed by atoms with Crippen molar-refractivity contribution in [2.75, 3.05) is 12.4 Å². The minimum absolute atomic E-state index is 0.0570. The Morgan fingerprint density at radius 1 is 1.27 bits per heavy atom. The highest BCUT2D eigenvalue weighted by molar-refractivity contribution is 6.34. The van der Waals surface area contributed by atoms with Crippen LogP contribution in [0.1, 0.15) is 0 Å². The van der Waals surface area contributed by atoms with Gasteiger partial charge in [-0.2, -0.15) is 0 Å². The third kappa shape index (κ3) is 2.13. The highest BCUT2D eigenvalue weighted by Gasteiger charge is 2.22. The van der Waals surface area contributed by atoms with Gasteiger partial charge in [0, 0.05) is 13.1 Å². The first-order chi connectivity index (χ1) is 6.97. The van der Waals surface area contributed by atoms with Crippen molar-refractivity contribution in [2.45, 2.75) is 0 Å². The van der Waals surface area contributed by atoms with Gasteiger partial charge in [0.15, 0.2) is 0 Å². The van der Waals surface area contributed by atoms with E-state index in [9.17, 15) is 20.2 Å². The molecule has 0 aliphatic carbocycles. The topological polar surface area (TPSA) is 98.3 Å².